The van der Waals surface area contributed by atoms with Gasteiger partial charge >= 0.3 is 6.03 Å². The van der Waals surface area contributed by atoms with Gasteiger partial charge in [0.25, 0.3) is 0 Å². The van der Waals surface area contributed by atoms with E-state index >= 15 is 0 Å². The van der Waals surface area contributed by atoms with E-state index in [1.807, 2.05) is 13.1 Å². The fourth-order valence-electron chi connectivity index (χ4n) is 2.18. The lowest BCUT2D eigenvalue weighted by Gasteiger charge is -2.06. The van der Waals surface area contributed by atoms with Gasteiger partial charge in [0, 0.05) is 24.8 Å². The number of fused-ring (bicyclic) bond motifs is 1. The first-order valence-electron chi connectivity index (χ1n) is 7.61. The minimum absolute atomic E-state index is 0.309. The van der Waals surface area contributed by atoms with Gasteiger partial charge in [-0.1, -0.05) is 0 Å². The standard InChI is InChI=1S/C15H18N8O/c1-2-17-15(24)22-13-4-3-11-14(21-13)20-12(8-18-11)10-7-19-23(9-10)6-5-16/h3-4,7-9H,2,5-6,16H2,1H3,(H2,17,20,21,22,24). The number of nitrogens with two attached hydrogens (primary N) is 1. The van der Waals surface area contributed by atoms with Crippen LogP contribution >= 0.6 is 0 Å². The summed E-state index contributed by atoms with van der Waals surface area (Å²) in [6.07, 6.45) is 5.24. The Morgan fingerprint density at radius 3 is 2.96 bits per heavy atom. The van der Waals surface area contributed by atoms with Crippen molar-refractivity contribution in [3.8, 4) is 11.3 Å². The van der Waals surface area contributed by atoms with Crippen molar-refractivity contribution in [2.45, 2.75) is 13.5 Å². The van der Waals surface area contributed by atoms with Gasteiger partial charge in [-0.2, -0.15) is 5.10 Å². The number of hydrogen-bond donors (Lipinski definition) is 3. The molecule has 0 bridgehead atoms. The van der Waals surface area contributed by atoms with Gasteiger partial charge in [-0.3, -0.25) is 15.0 Å². The molecule has 9 nitrogen and oxygen atoms in total. The topological polar surface area (TPSA) is 124 Å². The van der Waals surface area contributed by atoms with Crippen LogP contribution in [-0.2, 0) is 6.54 Å². The monoisotopic (exact) mass is 326 g/mol. The highest BCUT2D eigenvalue weighted by atomic mass is 16.2. The summed E-state index contributed by atoms with van der Waals surface area (Å²) >= 11 is 0. The molecule has 0 fully saturated rings. The Morgan fingerprint density at radius 1 is 1.29 bits per heavy atom. The van der Waals surface area contributed by atoms with Crippen LogP contribution in [0.15, 0.2) is 30.7 Å². The van der Waals surface area contributed by atoms with Crippen LogP contribution in [0.5, 0.6) is 0 Å². The average molecular weight is 326 g/mol. The Bertz CT molecular complexity index is 860. The number of nitrogens with one attached hydrogen (secondary N) is 2. The molecule has 4 N–H and O–H groups in total. The first-order chi connectivity index (χ1) is 11.7. The van der Waals surface area contributed by atoms with E-state index < -0.39 is 0 Å². The number of aromatic nitrogens is 5. The number of pyridine rings is 1. The van der Waals surface area contributed by atoms with Crippen LogP contribution in [0, 0.1) is 0 Å². The molecule has 0 spiro atoms. The number of anilines is 1. The fraction of sp³-hybridized carbons (Fsp3) is 0.267. The predicted molar refractivity (Wildman–Crippen MR) is 90.3 cm³/mol. The maximum Gasteiger partial charge on any atom is 0.320 e. The smallest absolute Gasteiger partial charge is 0.320 e. The van der Waals surface area contributed by atoms with Gasteiger partial charge in [-0.25, -0.2) is 14.8 Å². The maximum absolute atomic E-state index is 11.6. The molecule has 0 atom stereocenters. The molecule has 0 radical (unpaired) electrons. The molecule has 24 heavy (non-hydrogen) atoms. The Hall–Kier alpha value is -3.07. The molecule has 9 heteroatoms. The van der Waals surface area contributed by atoms with Gasteiger partial charge in [0.2, 0.25) is 0 Å². The van der Waals surface area contributed by atoms with E-state index in [0.717, 1.165) is 5.56 Å². The second-order valence-electron chi connectivity index (χ2n) is 5.06. The van der Waals surface area contributed by atoms with E-state index in [4.69, 9.17) is 5.73 Å². The van der Waals surface area contributed by atoms with Crippen LogP contribution < -0.4 is 16.4 Å². The van der Waals surface area contributed by atoms with Crippen molar-refractivity contribution in [1.82, 2.24) is 30.0 Å². The third-order valence-electron chi connectivity index (χ3n) is 3.27. The van der Waals surface area contributed by atoms with Crippen molar-refractivity contribution in [2.24, 2.45) is 5.73 Å². The van der Waals surface area contributed by atoms with Crippen LogP contribution in [0.1, 0.15) is 6.92 Å². The van der Waals surface area contributed by atoms with E-state index in [-0.39, 0.29) is 6.03 Å². The predicted octanol–water partition coefficient (Wildman–Crippen LogP) is 0.988. The molecule has 0 aliphatic carbocycles. The minimum Gasteiger partial charge on any atom is -0.338 e. The lowest BCUT2D eigenvalue weighted by molar-refractivity contribution is 0.252. The second kappa shape index (κ2) is 7.01. The van der Waals surface area contributed by atoms with Crippen LogP contribution in [0.25, 0.3) is 22.4 Å². The lowest BCUT2D eigenvalue weighted by atomic mass is 10.2. The van der Waals surface area contributed by atoms with Gasteiger partial charge in [0.05, 0.1) is 24.6 Å². The summed E-state index contributed by atoms with van der Waals surface area (Å²) in [5.41, 5.74) is 8.12. The molecule has 0 aliphatic rings. The molecule has 124 valence electrons. The molecule has 0 saturated carbocycles. The van der Waals surface area contributed by atoms with Crippen molar-refractivity contribution in [3.63, 3.8) is 0 Å². The zero-order chi connectivity index (χ0) is 16.9. The number of rotatable bonds is 5. The van der Waals surface area contributed by atoms with Crippen molar-refractivity contribution >= 4 is 23.0 Å². The van der Waals surface area contributed by atoms with E-state index in [1.165, 1.54) is 0 Å². The van der Waals surface area contributed by atoms with Crippen LogP contribution in [-0.4, -0.2) is 43.9 Å². The second-order valence-corrected chi connectivity index (χ2v) is 5.06. The molecule has 0 unspecified atom stereocenters. The maximum atomic E-state index is 11.6. The van der Waals surface area contributed by atoms with Crippen LogP contribution in [0.3, 0.4) is 0 Å². The molecule has 0 saturated heterocycles. The Labute approximate surface area is 138 Å². The number of hydrogen-bond acceptors (Lipinski definition) is 6. The Balaban J connectivity index is 1.89. The highest BCUT2D eigenvalue weighted by molar-refractivity contribution is 5.89. The van der Waals surface area contributed by atoms with E-state index in [0.29, 0.717) is 42.3 Å². The number of urea groups is 1. The molecule has 0 aliphatic heterocycles. The number of amides is 2. The highest BCUT2D eigenvalue weighted by Crippen LogP contribution is 2.18. The van der Waals surface area contributed by atoms with Crippen LogP contribution in [0.4, 0.5) is 10.6 Å². The van der Waals surface area contributed by atoms with Crippen LogP contribution in [0.2, 0.25) is 0 Å². The largest absolute Gasteiger partial charge is 0.338 e. The number of nitrogens with zero attached hydrogens (tertiary/aromatic N) is 5. The summed E-state index contributed by atoms with van der Waals surface area (Å²) in [6.45, 7) is 3.53. The van der Waals surface area contributed by atoms with Crippen molar-refractivity contribution in [2.75, 3.05) is 18.4 Å². The third kappa shape index (κ3) is 3.46. The summed E-state index contributed by atoms with van der Waals surface area (Å²) in [6, 6.07) is 3.14. The summed E-state index contributed by atoms with van der Waals surface area (Å²) in [4.78, 5) is 24.8. The molecule has 3 rings (SSSR count). The first kappa shape index (κ1) is 15.8. The average Bonchev–Trinajstić information content (AvgIpc) is 3.03. The molecule has 3 heterocycles. The van der Waals surface area contributed by atoms with Gasteiger partial charge in [0.15, 0.2) is 5.65 Å². The molecule has 0 aromatic carbocycles. The zero-order valence-corrected chi connectivity index (χ0v) is 13.2. The van der Waals surface area contributed by atoms with Crippen molar-refractivity contribution < 1.29 is 4.79 Å². The quantitative estimate of drug-likeness (QED) is 0.642. The minimum atomic E-state index is -0.309. The van der Waals surface area contributed by atoms with Crippen molar-refractivity contribution in [1.29, 1.82) is 0 Å². The summed E-state index contributed by atoms with van der Waals surface area (Å²) in [7, 11) is 0. The summed E-state index contributed by atoms with van der Waals surface area (Å²) in [5, 5.41) is 9.53. The number of carbonyl (C=O) groups is 1. The lowest BCUT2D eigenvalue weighted by Crippen LogP contribution is -2.28. The summed E-state index contributed by atoms with van der Waals surface area (Å²) < 4.78 is 1.75. The normalized spacial score (nSPS) is 10.8. The van der Waals surface area contributed by atoms with E-state index in [9.17, 15) is 4.79 Å². The van der Waals surface area contributed by atoms with Gasteiger partial charge in [-0.15, -0.1) is 0 Å². The van der Waals surface area contributed by atoms with Gasteiger partial charge in [-0.05, 0) is 19.1 Å². The first-order valence-corrected chi connectivity index (χ1v) is 7.61. The van der Waals surface area contributed by atoms with E-state index in [1.54, 1.807) is 29.2 Å². The number of carbonyl (C=O) groups excluding carboxylic acids is 1. The Morgan fingerprint density at radius 2 is 2.17 bits per heavy atom. The Kier molecular flexibility index (Phi) is 4.62. The third-order valence-corrected chi connectivity index (χ3v) is 3.27. The molecule has 3 aromatic heterocycles. The summed E-state index contributed by atoms with van der Waals surface area (Å²) in [5.74, 6) is 0.415. The van der Waals surface area contributed by atoms with Gasteiger partial charge in [0.1, 0.15) is 11.3 Å². The SMILES string of the molecule is CCNC(=O)Nc1ccc2ncc(-c3cnn(CCN)c3)nc2n1. The molecular weight excluding hydrogens is 308 g/mol. The zero-order valence-electron chi connectivity index (χ0n) is 13.2. The van der Waals surface area contributed by atoms with E-state index in [2.05, 4.69) is 30.7 Å². The molecular formula is C15H18N8O. The molecule has 3 aromatic rings. The van der Waals surface area contributed by atoms with Crippen molar-refractivity contribution in [3.05, 3.63) is 30.7 Å². The van der Waals surface area contributed by atoms with Gasteiger partial charge < -0.3 is 11.1 Å². The fourth-order valence-corrected chi connectivity index (χ4v) is 2.18. The highest BCUT2D eigenvalue weighted by Gasteiger charge is 2.08. The molecule has 2 amide bonds.